The summed E-state index contributed by atoms with van der Waals surface area (Å²) in [6.45, 7) is 15.0. The van der Waals surface area contributed by atoms with Crippen molar-refractivity contribution >= 4 is 50.6 Å². The molecule has 42 heavy (non-hydrogen) atoms. The molecule has 2 aliphatic rings. The Labute approximate surface area is 254 Å². The summed E-state index contributed by atoms with van der Waals surface area (Å²) in [5.41, 5.74) is 1.93. The number of benzene rings is 1. The molecule has 1 aromatic carbocycles. The number of ketones is 1. The van der Waals surface area contributed by atoms with Crippen molar-refractivity contribution in [3.63, 3.8) is 0 Å². The number of Topliss-reactive ketones (excluding diaryl/α,β-unsaturated/α-hetero) is 1. The van der Waals surface area contributed by atoms with Crippen molar-refractivity contribution in [2.75, 3.05) is 19.0 Å². The predicted molar refractivity (Wildman–Crippen MR) is 161 cm³/mol. The van der Waals surface area contributed by atoms with Gasteiger partial charge in [0.2, 0.25) is 5.91 Å². The molecule has 1 saturated carbocycles. The van der Waals surface area contributed by atoms with E-state index in [0.717, 1.165) is 22.1 Å². The number of aromatic nitrogens is 1. The van der Waals surface area contributed by atoms with Crippen molar-refractivity contribution in [2.45, 2.75) is 77.7 Å². The lowest BCUT2D eigenvalue weighted by Crippen LogP contribution is -2.53. The van der Waals surface area contributed by atoms with Crippen LogP contribution >= 0.6 is 15.9 Å². The van der Waals surface area contributed by atoms with Crippen LogP contribution in [0.15, 0.2) is 24.8 Å². The van der Waals surface area contributed by atoms with Gasteiger partial charge in [-0.3, -0.25) is 14.5 Å². The van der Waals surface area contributed by atoms with Gasteiger partial charge in [0.15, 0.2) is 5.78 Å². The zero-order chi connectivity index (χ0) is 31.1. The number of hydrogen-bond donors (Lipinski definition) is 1. The number of aryl methyl sites for hydroxylation is 2. The number of nitrogens with zero attached hydrogens (tertiary/aromatic N) is 2. The van der Waals surface area contributed by atoms with Crippen LogP contribution in [0, 0.1) is 26.7 Å². The minimum Gasteiger partial charge on any atom is -0.488 e. The third kappa shape index (κ3) is 6.02. The fourth-order valence-corrected chi connectivity index (χ4v) is 5.67. The maximum atomic E-state index is 13.7. The van der Waals surface area contributed by atoms with Gasteiger partial charge in [-0.2, -0.15) is 0 Å². The first kappa shape index (κ1) is 31.5. The van der Waals surface area contributed by atoms with Gasteiger partial charge in [0.1, 0.15) is 34.7 Å². The van der Waals surface area contributed by atoms with Crippen molar-refractivity contribution in [1.82, 2.24) is 15.2 Å². The van der Waals surface area contributed by atoms with Crippen LogP contribution in [-0.4, -0.2) is 75.9 Å². The van der Waals surface area contributed by atoms with E-state index >= 15 is 0 Å². The molecule has 0 spiro atoms. The van der Waals surface area contributed by atoms with Gasteiger partial charge in [-0.15, -0.1) is 6.58 Å². The number of ether oxygens (including phenoxy) is 3. The number of amides is 2. The molecular formula is C31H38BrN3O7. The first-order valence-corrected chi connectivity index (χ1v) is 15.0. The van der Waals surface area contributed by atoms with Crippen LogP contribution in [0.5, 0.6) is 5.75 Å². The van der Waals surface area contributed by atoms with Gasteiger partial charge < -0.3 is 19.5 Å². The molecule has 2 aromatic rings. The molecule has 0 unspecified atom stereocenters. The Kier molecular flexibility index (Phi) is 8.74. The van der Waals surface area contributed by atoms with E-state index in [1.165, 1.54) is 12.0 Å². The number of hydrogen-bond acceptors (Lipinski definition) is 8. The molecule has 2 amide bonds. The van der Waals surface area contributed by atoms with E-state index in [4.69, 9.17) is 14.2 Å². The van der Waals surface area contributed by atoms with Crippen LogP contribution in [0.1, 0.15) is 60.8 Å². The second kappa shape index (κ2) is 11.7. The fourth-order valence-electron chi connectivity index (χ4n) is 5.38. The van der Waals surface area contributed by atoms with Crippen LogP contribution < -0.4 is 10.1 Å². The predicted octanol–water partition coefficient (Wildman–Crippen LogP) is 4.73. The number of halogens is 1. The number of esters is 1. The molecule has 2 heterocycles. The molecule has 4 rings (SSSR count). The molecule has 1 aliphatic heterocycles. The molecule has 10 nitrogen and oxygen atoms in total. The average molecular weight is 645 g/mol. The molecule has 1 aliphatic carbocycles. The smallest absolute Gasteiger partial charge is 0.411 e. The Balaban J connectivity index is 1.69. The summed E-state index contributed by atoms with van der Waals surface area (Å²) in [5.74, 6) is -1.12. The van der Waals surface area contributed by atoms with Gasteiger partial charge >= 0.3 is 12.1 Å². The van der Waals surface area contributed by atoms with Crippen LogP contribution in [0.4, 0.5) is 4.79 Å². The third-order valence-corrected chi connectivity index (χ3v) is 8.49. The normalized spacial score (nSPS) is 23.3. The number of rotatable bonds is 8. The molecular weight excluding hydrogens is 606 g/mol. The molecule has 1 aromatic heterocycles. The van der Waals surface area contributed by atoms with Gasteiger partial charge in [0.05, 0.1) is 24.5 Å². The van der Waals surface area contributed by atoms with Crippen molar-refractivity contribution in [3.05, 3.63) is 47.2 Å². The summed E-state index contributed by atoms with van der Waals surface area (Å²) in [4.78, 5) is 58.2. The zero-order valence-electron chi connectivity index (χ0n) is 25.1. The summed E-state index contributed by atoms with van der Waals surface area (Å²) in [6.07, 6.45) is 0.816. The highest BCUT2D eigenvalue weighted by Gasteiger charge is 2.62. The minimum atomic E-state index is -1.22. The number of carbonyl (C=O) groups excluding carboxylic acids is 4. The molecule has 226 valence electrons. The maximum Gasteiger partial charge on any atom is 0.411 e. The topological polar surface area (TPSA) is 124 Å². The summed E-state index contributed by atoms with van der Waals surface area (Å²) >= 11 is 3.23. The molecule has 1 N–H and O–H groups in total. The molecule has 4 atom stereocenters. The number of likely N-dealkylation sites (tertiary alicyclic amines) is 1. The van der Waals surface area contributed by atoms with Crippen molar-refractivity contribution < 1.29 is 33.4 Å². The summed E-state index contributed by atoms with van der Waals surface area (Å²) in [7, 11) is 1.26. The van der Waals surface area contributed by atoms with E-state index in [9.17, 15) is 19.2 Å². The summed E-state index contributed by atoms with van der Waals surface area (Å²) < 4.78 is 17.1. The first-order valence-electron chi connectivity index (χ1n) is 13.9. The molecule has 0 radical (unpaired) electrons. The van der Waals surface area contributed by atoms with Gasteiger partial charge in [-0.25, -0.2) is 14.6 Å². The largest absolute Gasteiger partial charge is 0.488 e. The van der Waals surface area contributed by atoms with Crippen LogP contribution in [-0.2, 0) is 19.1 Å². The fraction of sp³-hybridized carbons (Fsp3) is 0.516. The number of carbonyl (C=O) groups is 4. The van der Waals surface area contributed by atoms with E-state index in [1.807, 2.05) is 26.8 Å². The number of pyridine rings is 1. The van der Waals surface area contributed by atoms with Crippen molar-refractivity contribution in [3.8, 4) is 5.75 Å². The highest BCUT2D eigenvalue weighted by molar-refractivity contribution is 9.09. The first-order chi connectivity index (χ1) is 19.6. The monoisotopic (exact) mass is 643 g/mol. The highest BCUT2D eigenvalue weighted by atomic mass is 79.9. The van der Waals surface area contributed by atoms with Crippen LogP contribution in [0.2, 0.25) is 0 Å². The standard InChI is InChI=1S/C31H38BrN3O7/c1-9-19-13-31(19,28(38)40-8)34-27(37)23-11-20(15-35(23)29(39)42-30(5,6)7)41-25-12-22(24(36)14-32)33-26-18(4)17(3)16(2)10-21(25)26/h9-10,12,19-20,23H,1,11,13-15H2,2-8H3,(H,34,37)/t19-,20-,23+,31-/m1/s1. The number of nitrogens with one attached hydrogen (secondary N) is 1. The average Bonchev–Trinajstić information content (AvgIpc) is 3.48. The number of fused-ring (bicyclic) bond motifs is 1. The van der Waals surface area contributed by atoms with E-state index in [0.29, 0.717) is 17.7 Å². The molecule has 1 saturated heterocycles. The van der Waals surface area contributed by atoms with Gasteiger partial charge in [0.25, 0.3) is 0 Å². The van der Waals surface area contributed by atoms with Crippen LogP contribution in [0.25, 0.3) is 10.9 Å². The highest BCUT2D eigenvalue weighted by Crippen LogP contribution is 2.45. The summed E-state index contributed by atoms with van der Waals surface area (Å²) in [6, 6.07) is 2.60. The number of alkyl halides is 1. The van der Waals surface area contributed by atoms with Gasteiger partial charge in [0, 0.05) is 23.8 Å². The van der Waals surface area contributed by atoms with Crippen molar-refractivity contribution in [1.29, 1.82) is 0 Å². The third-order valence-electron chi connectivity index (χ3n) is 7.98. The van der Waals surface area contributed by atoms with Gasteiger partial charge in [-0.05, 0) is 70.7 Å². The van der Waals surface area contributed by atoms with Gasteiger partial charge in [-0.1, -0.05) is 22.0 Å². The second-order valence-electron chi connectivity index (χ2n) is 12.0. The Morgan fingerprint density at radius 1 is 1.19 bits per heavy atom. The lowest BCUT2D eigenvalue weighted by Gasteiger charge is -2.28. The minimum absolute atomic E-state index is 0.0540. The Morgan fingerprint density at radius 2 is 1.88 bits per heavy atom. The quantitative estimate of drug-likeness (QED) is 0.190. The Bertz CT molecular complexity index is 1470. The van der Waals surface area contributed by atoms with Crippen LogP contribution in [0.3, 0.4) is 0 Å². The number of methoxy groups -OCH3 is 1. The lowest BCUT2D eigenvalue weighted by molar-refractivity contribution is -0.147. The van der Waals surface area contributed by atoms with E-state index in [-0.39, 0.29) is 35.7 Å². The zero-order valence-corrected chi connectivity index (χ0v) is 26.7. The van der Waals surface area contributed by atoms with E-state index in [1.54, 1.807) is 32.9 Å². The lowest BCUT2D eigenvalue weighted by atomic mass is 9.99. The summed E-state index contributed by atoms with van der Waals surface area (Å²) in [5, 5.41) is 3.66. The molecule has 2 fully saturated rings. The Morgan fingerprint density at radius 3 is 2.45 bits per heavy atom. The maximum absolute atomic E-state index is 13.7. The Hall–Kier alpha value is -3.47. The SMILES string of the molecule is C=C[C@@H]1C[C@]1(NC(=O)[C@@H]1C[C@@H](Oc2cc(C(=O)CBr)nc3c(C)c(C)c(C)cc23)CN1C(=O)OC(C)(C)C)C(=O)OC. The van der Waals surface area contributed by atoms with E-state index < -0.39 is 41.3 Å². The molecule has 0 bridgehead atoms. The van der Waals surface area contributed by atoms with E-state index in [2.05, 4.69) is 32.8 Å². The molecule has 11 heteroatoms. The van der Waals surface area contributed by atoms with Crippen molar-refractivity contribution in [2.24, 2.45) is 5.92 Å². The second-order valence-corrected chi connectivity index (χ2v) is 12.6.